The summed E-state index contributed by atoms with van der Waals surface area (Å²) in [6.45, 7) is 6.61. The van der Waals surface area contributed by atoms with Gasteiger partial charge >= 0.3 is 0 Å². The van der Waals surface area contributed by atoms with Crippen LogP contribution < -0.4 is 10.2 Å². The van der Waals surface area contributed by atoms with Crippen molar-refractivity contribution in [2.45, 2.75) is 6.42 Å². The van der Waals surface area contributed by atoms with Gasteiger partial charge < -0.3 is 19.9 Å². The van der Waals surface area contributed by atoms with Crippen molar-refractivity contribution in [1.82, 2.24) is 15.2 Å². The third-order valence-electron chi connectivity index (χ3n) is 4.34. The van der Waals surface area contributed by atoms with Gasteiger partial charge in [0.2, 0.25) is 0 Å². The van der Waals surface area contributed by atoms with Crippen molar-refractivity contribution >= 4 is 35.8 Å². The molecule has 0 aromatic carbocycles. The van der Waals surface area contributed by atoms with Gasteiger partial charge in [-0.3, -0.25) is 4.99 Å². The van der Waals surface area contributed by atoms with Crippen LogP contribution in [0.2, 0.25) is 0 Å². The molecule has 1 atom stereocenters. The number of halogens is 1. The molecule has 0 bridgehead atoms. The van der Waals surface area contributed by atoms with E-state index in [1.165, 1.54) is 0 Å². The lowest BCUT2D eigenvalue weighted by Gasteiger charge is -2.37. The maximum Gasteiger partial charge on any atom is 0.193 e. The summed E-state index contributed by atoms with van der Waals surface area (Å²) in [5.41, 5.74) is 0. The SMILES string of the molecule is CN=C(NCC1CCOC1)N1CCN(c2ccccn2)CC1.I. The molecule has 7 heteroatoms. The van der Waals surface area contributed by atoms with Crippen LogP contribution in [0.4, 0.5) is 5.82 Å². The van der Waals surface area contributed by atoms with Gasteiger partial charge in [-0.2, -0.15) is 0 Å². The normalized spacial score (nSPS) is 22.0. The molecule has 128 valence electrons. The van der Waals surface area contributed by atoms with Crippen molar-refractivity contribution in [3.8, 4) is 0 Å². The molecule has 1 aromatic heterocycles. The van der Waals surface area contributed by atoms with Gasteiger partial charge in [-0.1, -0.05) is 6.07 Å². The standard InChI is InChI=1S/C16H25N5O.HI/c1-17-16(19-12-14-5-11-22-13-14)21-9-7-20(8-10-21)15-4-2-3-6-18-15;/h2-4,6,14H,5,7-13H2,1H3,(H,17,19);1H. The average molecular weight is 431 g/mol. The number of ether oxygens (including phenoxy) is 1. The van der Waals surface area contributed by atoms with Crippen molar-refractivity contribution < 1.29 is 4.74 Å². The molecule has 2 aliphatic heterocycles. The zero-order chi connectivity index (χ0) is 15.2. The minimum atomic E-state index is 0. The number of guanidine groups is 1. The predicted octanol–water partition coefficient (Wildman–Crippen LogP) is 1.43. The molecule has 1 aromatic rings. The maximum atomic E-state index is 5.42. The van der Waals surface area contributed by atoms with Gasteiger partial charge in [0, 0.05) is 58.5 Å². The van der Waals surface area contributed by atoms with E-state index in [-0.39, 0.29) is 24.0 Å². The second-order valence-corrected chi connectivity index (χ2v) is 5.82. The molecule has 0 amide bonds. The lowest BCUT2D eigenvalue weighted by atomic mass is 10.1. The third kappa shape index (κ3) is 4.94. The first-order valence-electron chi connectivity index (χ1n) is 8.06. The molecule has 0 aliphatic carbocycles. The number of aromatic nitrogens is 1. The fourth-order valence-corrected chi connectivity index (χ4v) is 3.00. The van der Waals surface area contributed by atoms with Gasteiger partial charge in [-0.05, 0) is 18.6 Å². The minimum absolute atomic E-state index is 0. The highest BCUT2D eigenvalue weighted by Gasteiger charge is 2.22. The van der Waals surface area contributed by atoms with Gasteiger partial charge in [0.25, 0.3) is 0 Å². The summed E-state index contributed by atoms with van der Waals surface area (Å²) in [5.74, 6) is 2.69. The van der Waals surface area contributed by atoms with Gasteiger partial charge in [-0.15, -0.1) is 24.0 Å². The fraction of sp³-hybridized carbons (Fsp3) is 0.625. The summed E-state index contributed by atoms with van der Waals surface area (Å²) in [7, 11) is 1.86. The number of piperazine rings is 1. The molecule has 1 N–H and O–H groups in total. The molecule has 0 spiro atoms. The molecule has 3 rings (SSSR count). The zero-order valence-corrected chi connectivity index (χ0v) is 16.0. The first kappa shape index (κ1) is 18.3. The molecule has 6 nitrogen and oxygen atoms in total. The van der Waals surface area contributed by atoms with Gasteiger partial charge in [-0.25, -0.2) is 4.98 Å². The van der Waals surface area contributed by atoms with E-state index in [9.17, 15) is 0 Å². The van der Waals surface area contributed by atoms with Crippen LogP contribution >= 0.6 is 24.0 Å². The number of rotatable bonds is 3. The largest absolute Gasteiger partial charge is 0.381 e. The second-order valence-electron chi connectivity index (χ2n) is 5.82. The number of anilines is 1. The van der Waals surface area contributed by atoms with E-state index in [1.54, 1.807) is 0 Å². The molecule has 2 saturated heterocycles. The first-order valence-corrected chi connectivity index (χ1v) is 8.06. The highest BCUT2D eigenvalue weighted by Crippen LogP contribution is 2.13. The minimum Gasteiger partial charge on any atom is -0.381 e. The highest BCUT2D eigenvalue weighted by atomic mass is 127. The maximum absolute atomic E-state index is 5.42. The molecular formula is C16H26IN5O. The molecule has 0 saturated carbocycles. The highest BCUT2D eigenvalue weighted by molar-refractivity contribution is 14.0. The second kappa shape index (κ2) is 9.27. The topological polar surface area (TPSA) is 53.0 Å². The number of hydrogen-bond acceptors (Lipinski definition) is 4. The monoisotopic (exact) mass is 431 g/mol. The van der Waals surface area contributed by atoms with Gasteiger partial charge in [0.15, 0.2) is 5.96 Å². The Kier molecular flexibility index (Phi) is 7.35. The van der Waals surface area contributed by atoms with E-state index in [2.05, 4.69) is 31.2 Å². The molecule has 1 unspecified atom stereocenters. The van der Waals surface area contributed by atoms with Crippen molar-refractivity contribution in [1.29, 1.82) is 0 Å². The van der Waals surface area contributed by atoms with Gasteiger partial charge in [0.1, 0.15) is 5.82 Å². The Morgan fingerprint density at radius 2 is 2.17 bits per heavy atom. The van der Waals surface area contributed by atoms with Gasteiger partial charge in [0.05, 0.1) is 6.61 Å². The van der Waals surface area contributed by atoms with E-state index in [0.29, 0.717) is 5.92 Å². The molecule has 2 fully saturated rings. The summed E-state index contributed by atoms with van der Waals surface area (Å²) in [5, 5.41) is 3.50. The molecule has 3 heterocycles. The summed E-state index contributed by atoms with van der Waals surface area (Å²) in [6.07, 6.45) is 3.00. The Labute approximate surface area is 155 Å². The summed E-state index contributed by atoms with van der Waals surface area (Å²) >= 11 is 0. The van der Waals surface area contributed by atoms with Crippen LogP contribution in [0.5, 0.6) is 0 Å². The Hall–Kier alpha value is -1.09. The van der Waals surface area contributed by atoms with Crippen LogP contribution in [0.3, 0.4) is 0 Å². The average Bonchev–Trinajstić information content (AvgIpc) is 3.10. The van der Waals surface area contributed by atoms with Crippen molar-refractivity contribution in [3.05, 3.63) is 24.4 Å². The molecule has 23 heavy (non-hydrogen) atoms. The van der Waals surface area contributed by atoms with Crippen molar-refractivity contribution in [2.24, 2.45) is 10.9 Å². The quantitative estimate of drug-likeness (QED) is 0.446. The summed E-state index contributed by atoms with van der Waals surface area (Å²) in [4.78, 5) is 13.5. The number of nitrogens with one attached hydrogen (secondary N) is 1. The van der Waals surface area contributed by atoms with Crippen LogP contribution in [-0.2, 0) is 4.74 Å². The predicted molar refractivity (Wildman–Crippen MR) is 104 cm³/mol. The van der Waals surface area contributed by atoms with Crippen molar-refractivity contribution in [2.75, 3.05) is 57.9 Å². The number of aliphatic imine (C=N–C) groups is 1. The Bertz CT molecular complexity index is 485. The Morgan fingerprint density at radius 3 is 2.78 bits per heavy atom. The number of pyridine rings is 1. The van der Waals surface area contributed by atoms with Crippen molar-refractivity contribution in [3.63, 3.8) is 0 Å². The lowest BCUT2D eigenvalue weighted by molar-refractivity contribution is 0.186. The van der Waals surface area contributed by atoms with Crippen LogP contribution in [-0.4, -0.2) is 68.8 Å². The van der Waals surface area contributed by atoms with E-state index < -0.39 is 0 Å². The third-order valence-corrected chi connectivity index (χ3v) is 4.34. The zero-order valence-electron chi connectivity index (χ0n) is 13.6. The van der Waals surface area contributed by atoms with E-state index in [0.717, 1.165) is 64.1 Å². The molecule has 0 radical (unpaired) electrons. The summed E-state index contributed by atoms with van der Waals surface area (Å²) in [6, 6.07) is 6.07. The van der Waals surface area contributed by atoms with E-state index >= 15 is 0 Å². The molecular weight excluding hydrogens is 405 g/mol. The number of hydrogen-bond donors (Lipinski definition) is 1. The number of nitrogens with zero attached hydrogens (tertiary/aromatic N) is 4. The Morgan fingerprint density at radius 1 is 1.35 bits per heavy atom. The molecule has 2 aliphatic rings. The summed E-state index contributed by atoms with van der Waals surface area (Å²) < 4.78 is 5.42. The fourth-order valence-electron chi connectivity index (χ4n) is 3.00. The van der Waals surface area contributed by atoms with Crippen LogP contribution in [0, 0.1) is 5.92 Å². The lowest BCUT2D eigenvalue weighted by Crippen LogP contribution is -2.53. The van der Waals surface area contributed by atoms with Crippen LogP contribution in [0.25, 0.3) is 0 Å². The van der Waals surface area contributed by atoms with E-state index in [4.69, 9.17) is 4.74 Å². The van der Waals surface area contributed by atoms with Crippen LogP contribution in [0.15, 0.2) is 29.4 Å². The Balaban J connectivity index is 0.00000192. The smallest absolute Gasteiger partial charge is 0.193 e. The first-order chi connectivity index (χ1) is 10.9. The van der Waals surface area contributed by atoms with Crippen LogP contribution in [0.1, 0.15) is 6.42 Å². The van der Waals surface area contributed by atoms with E-state index in [1.807, 2.05) is 25.4 Å².